The molecule has 7 heteroatoms. The molecule has 0 aromatic rings. The molecule has 6 nitrogen and oxygen atoms in total. The van der Waals surface area contributed by atoms with Gasteiger partial charge in [0.15, 0.2) is 5.96 Å². The summed E-state index contributed by atoms with van der Waals surface area (Å²) >= 11 is 0. The summed E-state index contributed by atoms with van der Waals surface area (Å²) < 4.78 is 11.0. The molecular formula is C16H33IN4O2. The number of aliphatic imine (C=N–C) groups is 1. The quantitative estimate of drug-likeness (QED) is 0.257. The topological polar surface area (TPSA) is 58.1 Å². The maximum atomic E-state index is 5.70. The molecule has 0 spiro atoms. The van der Waals surface area contributed by atoms with E-state index in [1.54, 1.807) is 0 Å². The van der Waals surface area contributed by atoms with E-state index in [1.807, 2.05) is 7.05 Å². The van der Waals surface area contributed by atoms with E-state index in [4.69, 9.17) is 9.47 Å². The van der Waals surface area contributed by atoms with Gasteiger partial charge >= 0.3 is 0 Å². The number of rotatable bonds is 8. The largest absolute Gasteiger partial charge is 0.381 e. The first-order valence-corrected chi connectivity index (χ1v) is 8.56. The predicted octanol–water partition coefficient (Wildman–Crippen LogP) is 1.16. The molecule has 2 unspecified atom stereocenters. The third kappa shape index (κ3) is 8.51. The van der Waals surface area contributed by atoms with Crippen molar-refractivity contribution >= 4 is 29.9 Å². The van der Waals surface area contributed by atoms with Crippen molar-refractivity contribution in [2.45, 2.75) is 19.3 Å². The third-order valence-electron chi connectivity index (χ3n) is 4.41. The van der Waals surface area contributed by atoms with Crippen molar-refractivity contribution in [1.82, 2.24) is 15.5 Å². The summed E-state index contributed by atoms with van der Waals surface area (Å²) in [6.07, 6.45) is 3.42. The Balaban J connectivity index is 0.00000264. The average molecular weight is 440 g/mol. The molecule has 0 amide bonds. The number of guanidine groups is 1. The summed E-state index contributed by atoms with van der Waals surface area (Å²) in [5.74, 6) is 2.24. The van der Waals surface area contributed by atoms with Gasteiger partial charge in [0.2, 0.25) is 0 Å². The smallest absolute Gasteiger partial charge is 0.190 e. The molecule has 2 aliphatic heterocycles. The fourth-order valence-electron chi connectivity index (χ4n) is 3.00. The molecule has 136 valence electrons. The van der Waals surface area contributed by atoms with Crippen molar-refractivity contribution in [3.8, 4) is 0 Å². The van der Waals surface area contributed by atoms with Crippen LogP contribution in [0.3, 0.4) is 0 Å². The van der Waals surface area contributed by atoms with Gasteiger partial charge in [0.25, 0.3) is 0 Å². The van der Waals surface area contributed by atoms with Crippen molar-refractivity contribution in [2.24, 2.45) is 16.8 Å². The van der Waals surface area contributed by atoms with Crippen LogP contribution >= 0.6 is 24.0 Å². The van der Waals surface area contributed by atoms with Crippen molar-refractivity contribution in [3.63, 3.8) is 0 Å². The van der Waals surface area contributed by atoms with Gasteiger partial charge in [0.05, 0.1) is 13.2 Å². The molecule has 0 aromatic heterocycles. The zero-order valence-corrected chi connectivity index (χ0v) is 16.9. The summed E-state index contributed by atoms with van der Waals surface area (Å²) in [7, 11) is 4.01. The maximum absolute atomic E-state index is 5.70. The normalized spacial score (nSPS) is 25.4. The highest BCUT2D eigenvalue weighted by Crippen LogP contribution is 2.13. The van der Waals surface area contributed by atoms with Crippen LogP contribution in [0.25, 0.3) is 0 Å². The number of halogens is 1. The summed E-state index contributed by atoms with van der Waals surface area (Å²) in [5, 5.41) is 6.78. The SMILES string of the molecule is CN=C(NCCCOCC1CCOC1)NCC1CCN(C)C1.I. The van der Waals surface area contributed by atoms with Gasteiger partial charge in [-0.15, -0.1) is 24.0 Å². The first kappa shape index (κ1) is 20.9. The van der Waals surface area contributed by atoms with Crippen LogP contribution in [0.1, 0.15) is 19.3 Å². The van der Waals surface area contributed by atoms with Crippen LogP contribution in [0.15, 0.2) is 4.99 Å². The number of hydrogen-bond acceptors (Lipinski definition) is 4. The summed E-state index contributed by atoms with van der Waals surface area (Å²) in [6, 6.07) is 0. The lowest BCUT2D eigenvalue weighted by Gasteiger charge is -2.15. The molecule has 0 radical (unpaired) electrons. The van der Waals surface area contributed by atoms with Crippen LogP contribution in [0.5, 0.6) is 0 Å². The monoisotopic (exact) mass is 440 g/mol. The second-order valence-electron chi connectivity index (χ2n) is 6.45. The van der Waals surface area contributed by atoms with Gasteiger partial charge in [-0.2, -0.15) is 0 Å². The van der Waals surface area contributed by atoms with Gasteiger partial charge in [0.1, 0.15) is 0 Å². The lowest BCUT2D eigenvalue weighted by molar-refractivity contribution is 0.0888. The Labute approximate surface area is 157 Å². The van der Waals surface area contributed by atoms with Crippen LogP contribution in [0.4, 0.5) is 0 Å². The molecule has 2 N–H and O–H groups in total. The first-order chi connectivity index (χ1) is 10.8. The Morgan fingerprint density at radius 2 is 2.17 bits per heavy atom. The van der Waals surface area contributed by atoms with Gasteiger partial charge in [-0.1, -0.05) is 0 Å². The highest BCUT2D eigenvalue weighted by atomic mass is 127. The first-order valence-electron chi connectivity index (χ1n) is 8.56. The fourth-order valence-corrected chi connectivity index (χ4v) is 3.00. The molecule has 2 aliphatic rings. The summed E-state index contributed by atoms with van der Waals surface area (Å²) in [4.78, 5) is 6.66. The second-order valence-corrected chi connectivity index (χ2v) is 6.45. The molecular weight excluding hydrogens is 407 g/mol. The van der Waals surface area contributed by atoms with Crippen molar-refractivity contribution < 1.29 is 9.47 Å². The minimum Gasteiger partial charge on any atom is -0.381 e. The molecule has 0 aromatic carbocycles. The fraction of sp³-hybridized carbons (Fsp3) is 0.938. The van der Waals surface area contributed by atoms with Crippen LogP contribution < -0.4 is 10.6 Å². The van der Waals surface area contributed by atoms with E-state index in [2.05, 4.69) is 27.6 Å². The Morgan fingerprint density at radius 3 is 2.83 bits per heavy atom. The minimum atomic E-state index is 0. The zero-order chi connectivity index (χ0) is 15.6. The lowest BCUT2D eigenvalue weighted by atomic mass is 10.1. The molecule has 2 atom stereocenters. The highest BCUT2D eigenvalue weighted by molar-refractivity contribution is 14.0. The summed E-state index contributed by atoms with van der Waals surface area (Å²) in [6.45, 7) is 7.69. The molecule has 2 saturated heterocycles. The van der Waals surface area contributed by atoms with E-state index in [0.29, 0.717) is 5.92 Å². The van der Waals surface area contributed by atoms with Crippen LogP contribution in [0.2, 0.25) is 0 Å². The molecule has 2 heterocycles. The van der Waals surface area contributed by atoms with E-state index >= 15 is 0 Å². The molecule has 23 heavy (non-hydrogen) atoms. The molecule has 0 saturated carbocycles. The van der Waals surface area contributed by atoms with E-state index in [-0.39, 0.29) is 24.0 Å². The van der Waals surface area contributed by atoms with E-state index in [0.717, 1.165) is 64.2 Å². The number of nitrogens with one attached hydrogen (secondary N) is 2. The Bertz CT molecular complexity index is 338. The molecule has 0 bridgehead atoms. The van der Waals surface area contributed by atoms with Gasteiger partial charge in [-0.05, 0) is 38.8 Å². The zero-order valence-electron chi connectivity index (χ0n) is 14.6. The van der Waals surface area contributed by atoms with E-state index in [9.17, 15) is 0 Å². The number of hydrogen-bond donors (Lipinski definition) is 2. The summed E-state index contributed by atoms with van der Waals surface area (Å²) in [5.41, 5.74) is 0. The number of nitrogens with zero attached hydrogens (tertiary/aromatic N) is 2. The molecule has 0 aliphatic carbocycles. The second kappa shape index (κ2) is 12.3. The van der Waals surface area contributed by atoms with Crippen molar-refractivity contribution in [2.75, 3.05) is 66.7 Å². The highest BCUT2D eigenvalue weighted by Gasteiger charge is 2.19. The van der Waals surface area contributed by atoms with Crippen LogP contribution in [-0.4, -0.2) is 77.6 Å². The standard InChI is InChI=1S/C16H32N4O2.HI/c1-17-16(19-10-14-4-7-20(2)11-14)18-6-3-8-21-12-15-5-9-22-13-15;/h14-15H,3-13H2,1-2H3,(H2,17,18,19);1H. The average Bonchev–Trinajstić information content (AvgIpc) is 3.17. The van der Waals surface area contributed by atoms with Gasteiger partial charge in [0, 0.05) is 45.8 Å². The van der Waals surface area contributed by atoms with E-state index in [1.165, 1.54) is 19.5 Å². The van der Waals surface area contributed by atoms with Gasteiger partial charge < -0.3 is 25.0 Å². The predicted molar refractivity (Wildman–Crippen MR) is 105 cm³/mol. The number of ether oxygens (including phenoxy) is 2. The van der Waals surface area contributed by atoms with Gasteiger partial charge in [-0.3, -0.25) is 4.99 Å². The van der Waals surface area contributed by atoms with E-state index < -0.39 is 0 Å². The van der Waals surface area contributed by atoms with Crippen molar-refractivity contribution in [3.05, 3.63) is 0 Å². The number of likely N-dealkylation sites (tertiary alicyclic amines) is 1. The third-order valence-corrected chi connectivity index (χ3v) is 4.41. The lowest BCUT2D eigenvalue weighted by Crippen LogP contribution is -2.40. The Morgan fingerprint density at radius 1 is 1.30 bits per heavy atom. The van der Waals surface area contributed by atoms with Gasteiger partial charge in [-0.25, -0.2) is 0 Å². The Hall–Kier alpha value is -0.120. The van der Waals surface area contributed by atoms with Crippen LogP contribution in [-0.2, 0) is 9.47 Å². The molecule has 2 fully saturated rings. The Kier molecular flexibility index (Phi) is 11.2. The molecule has 2 rings (SSSR count). The van der Waals surface area contributed by atoms with Crippen molar-refractivity contribution in [1.29, 1.82) is 0 Å². The minimum absolute atomic E-state index is 0. The maximum Gasteiger partial charge on any atom is 0.190 e. The van der Waals surface area contributed by atoms with Crippen LogP contribution in [0, 0.1) is 11.8 Å².